The molecule has 0 unspecified atom stereocenters. The number of hydrogen-bond donors (Lipinski definition) is 1. The highest BCUT2D eigenvalue weighted by Gasteiger charge is 2.26. The van der Waals surface area contributed by atoms with Crippen molar-refractivity contribution in [3.63, 3.8) is 0 Å². The van der Waals surface area contributed by atoms with Crippen molar-refractivity contribution >= 4 is 39.0 Å². The van der Waals surface area contributed by atoms with Crippen LogP contribution in [0.15, 0.2) is 48.1 Å². The van der Waals surface area contributed by atoms with E-state index in [2.05, 4.69) is 4.98 Å². The second-order valence-electron chi connectivity index (χ2n) is 6.83. The highest BCUT2D eigenvalue weighted by atomic mass is 35.5. The van der Waals surface area contributed by atoms with E-state index in [0.717, 1.165) is 21.2 Å². The monoisotopic (exact) mass is 411 g/mol. The number of carbonyl (C=O) groups is 1. The molecule has 4 aromatic rings. The molecule has 0 aliphatic heterocycles. The van der Waals surface area contributed by atoms with Crippen molar-refractivity contribution < 1.29 is 9.90 Å². The second kappa shape index (κ2) is 7.37. The molecule has 0 saturated heterocycles. The van der Waals surface area contributed by atoms with E-state index in [0.29, 0.717) is 23.1 Å². The van der Waals surface area contributed by atoms with Gasteiger partial charge in [-0.1, -0.05) is 31.5 Å². The number of pyridine rings is 1. The summed E-state index contributed by atoms with van der Waals surface area (Å²) >= 11 is 8.04. The summed E-state index contributed by atoms with van der Waals surface area (Å²) in [5.74, 6) is -0.414. The van der Waals surface area contributed by atoms with Gasteiger partial charge in [-0.3, -0.25) is 4.98 Å². The molecule has 0 amide bonds. The van der Waals surface area contributed by atoms with E-state index in [4.69, 9.17) is 16.6 Å². The van der Waals surface area contributed by atoms with E-state index < -0.39 is 5.97 Å². The molecule has 4 rings (SSSR count). The molecule has 0 aliphatic carbocycles. The summed E-state index contributed by atoms with van der Waals surface area (Å²) in [5, 5.41) is 13.6. The fraction of sp³-hybridized carbons (Fsp3) is 0.190. The van der Waals surface area contributed by atoms with Crippen LogP contribution in [0.4, 0.5) is 0 Å². The number of benzene rings is 1. The summed E-state index contributed by atoms with van der Waals surface area (Å²) in [7, 11) is 0. The third kappa shape index (κ3) is 3.19. The summed E-state index contributed by atoms with van der Waals surface area (Å²) in [4.78, 5) is 21.0. The van der Waals surface area contributed by atoms with Crippen LogP contribution in [0.1, 0.15) is 41.5 Å². The Kier molecular flexibility index (Phi) is 4.91. The number of imidazole rings is 1. The smallest absolute Gasteiger partial charge is 0.354 e. The number of hydrogen-bond acceptors (Lipinski definition) is 4. The molecule has 5 nitrogen and oxygen atoms in total. The Morgan fingerprint density at radius 3 is 2.79 bits per heavy atom. The molecule has 0 radical (unpaired) electrons. The Morgan fingerprint density at radius 2 is 2.11 bits per heavy atom. The van der Waals surface area contributed by atoms with Crippen molar-refractivity contribution in [2.75, 3.05) is 0 Å². The van der Waals surface area contributed by atoms with Gasteiger partial charge in [0.25, 0.3) is 0 Å². The maximum atomic E-state index is 12.2. The van der Waals surface area contributed by atoms with E-state index in [1.54, 1.807) is 28.3 Å². The zero-order chi connectivity index (χ0) is 19.8. The fourth-order valence-electron chi connectivity index (χ4n) is 3.36. The van der Waals surface area contributed by atoms with Crippen LogP contribution in [0.5, 0.6) is 0 Å². The number of rotatable bonds is 5. The Hall–Kier alpha value is -2.70. The molecule has 7 heteroatoms. The highest BCUT2D eigenvalue weighted by Crippen LogP contribution is 2.34. The van der Waals surface area contributed by atoms with Gasteiger partial charge in [-0.2, -0.15) is 0 Å². The quantitative estimate of drug-likeness (QED) is 0.458. The highest BCUT2D eigenvalue weighted by molar-refractivity contribution is 7.17. The topological polar surface area (TPSA) is 68.0 Å². The Bertz CT molecular complexity index is 1170. The van der Waals surface area contributed by atoms with Crippen molar-refractivity contribution in [2.24, 2.45) is 0 Å². The molecule has 1 aromatic carbocycles. The number of fused-ring (bicyclic) bond motifs is 1. The van der Waals surface area contributed by atoms with Gasteiger partial charge in [0.15, 0.2) is 5.69 Å². The number of halogens is 1. The minimum Gasteiger partial charge on any atom is -0.477 e. The van der Waals surface area contributed by atoms with Crippen LogP contribution in [-0.4, -0.2) is 25.6 Å². The third-order valence-corrected chi connectivity index (χ3v) is 5.93. The largest absolute Gasteiger partial charge is 0.477 e. The Labute approximate surface area is 171 Å². The van der Waals surface area contributed by atoms with Crippen molar-refractivity contribution in [1.29, 1.82) is 0 Å². The molecule has 0 spiro atoms. The summed E-state index contributed by atoms with van der Waals surface area (Å²) in [5.41, 5.74) is 2.53. The predicted octanol–water partition coefficient (Wildman–Crippen LogP) is 5.68. The van der Waals surface area contributed by atoms with Gasteiger partial charge in [0.05, 0.1) is 12.2 Å². The molecule has 0 atom stereocenters. The lowest BCUT2D eigenvalue weighted by Crippen LogP contribution is -2.13. The zero-order valence-electron chi connectivity index (χ0n) is 15.4. The SMILES string of the molecule is CC(C)c1nc(-c2cccnc2)n(Cc2csc3cccc(Cl)c23)c1C(=O)O. The lowest BCUT2D eigenvalue weighted by atomic mass is 10.1. The summed E-state index contributed by atoms with van der Waals surface area (Å²) in [6.45, 7) is 4.27. The molecule has 0 bridgehead atoms. The first kappa shape index (κ1) is 18.7. The maximum Gasteiger partial charge on any atom is 0.354 e. The number of carboxylic acids is 1. The first-order valence-corrected chi connectivity index (χ1v) is 10.1. The van der Waals surface area contributed by atoms with Gasteiger partial charge < -0.3 is 9.67 Å². The van der Waals surface area contributed by atoms with Crippen LogP contribution in [0, 0.1) is 0 Å². The molecular formula is C21H18ClN3O2S. The minimum absolute atomic E-state index is 0.0226. The van der Waals surface area contributed by atoms with Crippen molar-refractivity contribution in [3.8, 4) is 11.4 Å². The van der Waals surface area contributed by atoms with Gasteiger partial charge in [0.2, 0.25) is 0 Å². The molecule has 0 saturated carbocycles. The summed E-state index contributed by atoms with van der Waals surface area (Å²) in [6.07, 6.45) is 3.39. The normalized spacial score (nSPS) is 11.4. The van der Waals surface area contributed by atoms with Crippen molar-refractivity contribution in [1.82, 2.24) is 14.5 Å². The molecule has 28 heavy (non-hydrogen) atoms. The first-order chi connectivity index (χ1) is 13.5. The van der Waals surface area contributed by atoms with Gasteiger partial charge in [-0.25, -0.2) is 9.78 Å². The van der Waals surface area contributed by atoms with Gasteiger partial charge in [0, 0.05) is 33.1 Å². The van der Waals surface area contributed by atoms with Gasteiger partial charge in [-0.05, 0) is 41.1 Å². The number of nitrogens with zero attached hydrogens (tertiary/aromatic N) is 3. The molecule has 142 valence electrons. The van der Waals surface area contributed by atoms with Gasteiger partial charge in [0.1, 0.15) is 5.82 Å². The average molecular weight is 412 g/mol. The third-order valence-electron chi connectivity index (χ3n) is 4.62. The fourth-order valence-corrected chi connectivity index (χ4v) is 4.69. The van der Waals surface area contributed by atoms with Crippen molar-refractivity contribution in [2.45, 2.75) is 26.3 Å². The van der Waals surface area contributed by atoms with Crippen LogP contribution in [-0.2, 0) is 6.54 Å². The second-order valence-corrected chi connectivity index (χ2v) is 8.15. The van der Waals surface area contributed by atoms with Gasteiger partial charge in [-0.15, -0.1) is 11.3 Å². The van der Waals surface area contributed by atoms with E-state index in [1.165, 1.54) is 0 Å². The summed E-state index contributed by atoms with van der Waals surface area (Å²) in [6, 6.07) is 9.50. The van der Waals surface area contributed by atoms with E-state index in [-0.39, 0.29) is 11.6 Å². The zero-order valence-corrected chi connectivity index (χ0v) is 17.0. The van der Waals surface area contributed by atoms with Crippen LogP contribution in [0.3, 0.4) is 0 Å². The minimum atomic E-state index is -0.989. The van der Waals surface area contributed by atoms with Crippen molar-refractivity contribution in [3.05, 3.63) is 70.1 Å². The molecule has 3 heterocycles. The maximum absolute atomic E-state index is 12.2. The van der Waals surface area contributed by atoms with Crippen LogP contribution in [0.2, 0.25) is 5.02 Å². The Balaban J connectivity index is 1.95. The van der Waals surface area contributed by atoms with E-state index >= 15 is 0 Å². The number of thiophene rings is 1. The Morgan fingerprint density at radius 1 is 1.29 bits per heavy atom. The van der Waals surface area contributed by atoms with Crippen LogP contribution >= 0.6 is 22.9 Å². The number of aromatic nitrogens is 3. The first-order valence-electron chi connectivity index (χ1n) is 8.86. The lowest BCUT2D eigenvalue weighted by Gasteiger charge is -2.11. The predicted molar refractivity (Wildman–Crippen MR) is 112 cm³/mol. The van der Waals surface area contributed by atoms with E-state index in [9.17, 15) is 9.90 Å². The standard InChI is InChI=1S/C21H18ClN3O2S/c1-12(2)18-19(21(26)27)25(20(24-18)13-5-4-8-23-9-13)10-14-11-28-16-7-3-6-15(22)17(14)16/h3-9,11-12H,10H2,1-2H3,(H,26,27). The van der Waals surface area contributed by atoms with Crippen LogP contribution in [0.25, 0.3) is 21.5 Å². The molecule has 0 aliphatic rings. The summed E-state index contributed by atoms with van der Waals surface area (Å²) < 4.78 is 2.84. The number of carboxylic acid groups (broad SMARTS) is 1. The molecule has 0 fully saturated rings. The average Bonchev–Trinajstić information content (AvgIpc) is 3.26. The molecule has 3 aromatic heterocycles. The molecule has 1 N–H and O–H groups in total. The van der Waals surface area contributed by atoms with Crippen LogP contribution < -0.4 is 0 Å². The number of aromatic carboxylic acids is 1. The van der Waals surface area contributed by atoms with E-state index in [1.807, 2.05) is 49.6 Å². The lowest BCUT2D eigenvalue weighted by molar-refractivity contribution is 0.0684. The molecular weight excluding hydrogens is 394 g/mol. The van der Waals surface area contributed by atoms with Gasteiger partial charge >= 0.3 is 5.97 Å².